The predicted molar refractivity (Wildman–Crippen MR) is 65.0 cm³/mol. The summed E-state index contributed by atoms with van der Waals surface area (Å²) in [5.74, 6) is 0.912. The molecule has 2 aromatic rings. The SMILES string of the molecule is Cn1nnc2ccc(OC3CCNCC3)cc21. The number of aryl methyl sites for hydroxylation is 1. The van der Waals surface area contributed by atoms with Crippen LogP contribution in [0.4, 0.5) is 0 Å². The molecule has 3 rings (SSSR count). The molecule has 1 aliphatic rings. The van der Waals surface area contributed by atoms with Crippen LogP contribution >= 0.6 is 0 Å². The van der Waals surface area contributed by atoms with Crippen LogP contribution in [0.2, 0.25) is 0 Å². The molecular weight excluding hydrogens is 216 g/mol. The Morgan fingerprint density at radius 3 is 3.00 bits per heavy atom. The summed E-state index contributed by atoms with van der Waals surface area (Å²) in [7, 11) is 1.89. The molecule has 1 aromatic heterocycles. The maximum Gasteiger partial charge on any atom is 0.122 e. The summed E-state index contributed by atoms with van der Waals surface area (Å²) in [6.45, 7) is 2.08. The lowest BCUT2D eigenvalue weighted by molar-refractivity contribution is 0.162. The Morgan fingerprint density at radius 1 is 1.35 bits per heavy atom. The molecular formula is C12H16N4O. The van der Waals surface area contributed by atoms with E-state index in [0.717, 1.165) is 42.7 Å². The number of piperidine rings is 1. The van der Waals surface area contributed by atoms with E-state index in [9.17, 15) is 0 Å². The van der Waals surface area contributed by atoms with Crippen molar-refractivity contribution in [3.05, 3.63) is 18.2 Å². The number of nitrogens with zero attached hydrogens (tertiary/aromatic N) is 3. The van der Waals surface area contributed by atoms with Crippen molar-refractivity contribution >= 4 is 11.0 Å². The van der Waals surface area contributed by atoms with E-state index in [1.165, 1.54) is 0 Å². The lowest BCUT2D eigenvalue weighted by atomic mass is 10.1. The van der Waals surface area contributed by atoms with Crippen LogP contribution in [-0.2, 0) is 7.05 Å². The van der Waals surface area contributed by atoms with E-state index < -0.39 is 0 Å². The third-order valence-corrected chi connectivity index (χ3v) is 3.17. The second-order valence-electron chi connectivity index (χ2n) is 4.43. The van der Waals surface area contributed by atoms with Crippen LogP contribution in [0.3, 0.4) is 0 Å². The molecule has 0 atom stereocenters. The van der Waals surface area contributed by atoms with Gasteiger partial charge < -0.3 is 10.1 Å². The number of hydrogen-bond donors (Lipinski definition) is 1. The number of hydrogen-bond acceptors (Lipinski definition) is 4. The van der Waals surface area contributed by atoms with Crippen LogP contribution in [0.15, 0.2) is 18.2 Å². The van der Waals surface area contributed by atoms with Crippen LogP contribution in [0.1, 0.15) is 12.8 Å². The van der Waals surface area contributed by atoms with Crippen molar-refractivity contribution in [3.63, 3.8) is 0 Å². The van der Waals surface area contributed by atoms with E-state index >= 15 is 0 Å². The molecule has 1 saturated heterocycles. The summed E-state index contributed by atoms with van der Waals surface area (Å²) >= 11 is 0. The fourth-order valence-corrected chi connectivity index (χ4v) is 2.19. The normalized spacial score (nSPS) is 17.5. The first kappa shape index (κ1) is 10.5. The van der Waals surface area contributed by atoms with Crippen molar-refractivity contribution in [1.29, 1.82) is 0 Å². The van der Waals surface area contributed by atoms with E-state index in [2.05, 4.69) is 15.6 Å². The number of fused-ring (bicyclic) bond motifs is 1. The Morgan fingerprint density at radius 2 is 2.18 bits per heavy atom. The first-order chi connectivity index (χ1) is 8.33. The Bertz CT molecular complexity index is 516. The van der Waals surface area contributed by atoms with Gasteiger partial charge in [-0.15, -0.1) is 5.10 Å². The number of aromatic nitrogens is 3. The quantitative estimate of drug-likeness (QED) is 0.842. The summed E-state index contributed by atoms with van der Waals surface area (Å²) in [6.07, 6.45) is 2.47. The van der Waals surface area contributed by atoms with Crippen LogP contribution in [0, 0.1) is 0 Å². The molecule has 90 valence electrons. The van der Waals surface area contributed by atoms with Crippen LogP contribution < -0.4 is 10.1 Å². The highest BCUT2D eigenvalue weighted by molar-refractivity contribution is 5.75. The first-order valence-corrected chi connectivity index (χ1v) is 6.00. The third kappa shape index (κ3) is 2.10. The molecule has 0 spiro atoms. The molecule has 0 saturated carbocycles. The molecule has 1 fully saturated rings. The molecule has 1 aliphatic heterocycles. The van der Waals surface area contributed by atoms with Crippen LogP contribution in [-0.4, -0.2) is 34.2 Å². The molecule has 0 bridgehead atoms. The number of benzene rings is 1. The minimum absolute atomic E-state index is 0.329. The van der Waals surface area contributed by atoms with E-state index in [4.69, 9.17) is 4.74 Å². The molecule has 5 nitrogen and oxygen atoms in total. The smallest absolute Gasteiger partial charge is 0.122 e. The first-order valence-electron chi connectivity index (χ1n) is 6.00. The van der Waals surface area contributed by atoms with E-state index in [-0.39, 0.29) is 0 Å². The van der Waals surface area contributed by atoms with Gasteiger partial charge in [0, 0.05) is 13.1 Å². The van der Waals surface area contributed by atoms with Crippen LogP contribution in [0.5, 0.6) is 5.75 Å². The highest BCUT2D eigenvalue weighted by Gasteiger charge is 2.14. The molecule has 0 radical (unpaired) electrons. The standard InChI is InChI=1S/C12H16N4O/c1-16-12-8-10(2-3-11(12)14-15-16)17-9-4-6-13-7-5-9/h2-3,8-9,13H,4-7H2,1H3. The molecule has 0 amide bonds. The molecule has 0 unspecified atom stereocenters. The maximum atomic E-state index is 5.98. The zero-order chi connectivity index (χ0) is 11.7. The van der Waals surface area contributed by atoms with Gasteiger partial charge in [0.25, 0.3) is 0 Å². The molecule has 17 heavy (non-hydrogen) atoms. The minimum atomic E-state index is 0.329. The van der Waals surface area contributed by atoms with Gasteiger partial charge in [-0.25, -0.2) is 4.68 Å². The number of ether oxygens (including phenoxy) is 1. The average molecular weight is 232 g/mol. The largest absolute Gasteiger partial charge is 0.490 e. The van der Waals surface area contributed by atoms with Crippen molar-refractivity contribution in [2.24, 2.45) is 7.05 Å². The topological polar surface area (TPSA) is 52.0 Å². The van der Waals surface area contributed by atoms with Crippen molar-refractivity contribution in [2.75, 3.05) is 13.1 Å². The number of rotatable bonds is 2. The van der Waals surface area contributed by atoms with Gasteiger partial charge in [-0.1, -0.05) is 5.21 Å². The van der Waals surface area contributed by atoms with Crippen molar-refractivity contribution in [3.8, 4) is 5.75 Å². The minimum Gasteiger partial charge on any atom is -0.490 e. The second-order valence-corrected chi connectivity index (χ2v) is 4.43. The van der Waals surface area contributed by atoms with E-state index in [0.29, 0.717) is 6.10 Å². The molecule has 2 heterocycles. The van der Waals surface area contributed by atoms with Crippen molar-refractivity contribution in [1.82, 2.24) is 20.3 Å². The van der Waals surface area contributed by atoms with Crippen molar-refractivity contribution < 1.29 is 4.74 Å². The summed E-state index contributed by atoms with van der Waals surface area (Å²) in [6, 6.07) is 5.94. The molecule has 5 heteroatoms. The van der Waals surface area contributed by atoms with E-state index in [1.54, 1.807) is 4.68 Å². The lowest BCUT2D eigenvalue weighted by Gasteiger charge is -2.23. The van der Waals surface area contributed by atoms with Gasteiger partial charge in [0.1, 0.15) is 17.4 Å². The predicted octanol–water partition coefficient (Wildman–Crippen LogP) is 1.10. The summed E-state index contributed by atoms with van der Waals surface area (Å²) < 4.78 is 7.75. The van der Waals surface area contributed by atoms with Gasteiger partial charge in [-0.05, 0) is 38.1 Å². The van der Waals surface area contributed by atoms with Crippen molar-refractivity contribution in [2.45, 2.75) is 18.9 Å². The van der Waals surface area contributed by atoms with Crippen LogP contribution in [0.25, 0.3) is 11.0 Å². The Hall–Kier alpha value is -1.62. The Kier molecular flexibility index (Phi) is 2.68. The molecule has 1 aromatic carbocycles. The summed E-state index contributed by atoms with van der Waals surface area (Å²) in [5.41, 5.74) is 1.92. The maximum absolute atomic E-state index is 5.98. The highest BCUT2D eigenvalue weighted by Crippen LogP contribution is 2.21. The molecule has 0 aliphatic carbocycles. The number of nitrogens with one attached hydrogen (secondary N) is 1. The lowest BCUT2D eigenvalue weighted by Crippen LogP contribution is -2.34. The van der Waals surface area contributed by atoms with E-state index in [1.807, 2.05) is 25.2 Å². The van der Waals surface area contributed by atoms with Gasteiger partial charge in [-0.3, -0.25) is 0 Å². The fraction of sp³-hybridized carbons (Fsp3) is 0.500. The van der Waals surface area contributed by atoms with Gasteiger partial charge in [0.05, 0.1) is 5.52 Å². The summed E-state index contributed by atoms with van der Waals surface area (Å²) in [5, 5.41) is 11.4. The summed E-state index contributed by atoms with van der Waals surface area (Å²) in [4.78, 5) is 0. The Labute approximate surface area is 99.8 Å². The zero-order valence-corrected chi connectivity index (χ0v) is 9.89. The Balaban J connectivity index is 1.82. The zero-order valence-electron chi connectivity index (χ0n) is 9.89. The molecule has 1 N–H and O–H groups in total. The highest BCUT2D eigenvalue weighted by atomic mass is 16.5. The second kappa shape index (κ2) is 4.33. The monoisotopic (exact) mass is 232 g/mol. The van der Waals surface area contributed by atoms with Gasteiger partial charge >= 0.3 is 0 Å². The third-order valence-electron chi connectivity index (χ3n) is 3.17. The van der Waals surface area contributed by atoms with Gasteiger partial charge in [0.2, 0.25) is 0 Å². The fourth-order valence-electron chi connectivity index (χ4n) is 2.19. The average Bonchev–Trinajstić information content (AvgIpc) is 2.73. The van der Waals surface area contributed by atoms with Gasteiger partial charge in [0.15, 0.2) is 0 Å². The van der Waals surface area contributed by atoms with Gasteiger partial charge in [-0.2, -0.15) is 0 Å².